The molecule has 4 heteroatoms. The van der Waals surface area contributed by atoms with Crippen LogP contribution in [0.3, 0.4) is 0 Å². The maximum absolute atomic E-state index is 12.7. The molecule has 1 atom stereocenters. The van der Waals surface area contributed by atoms with Crippen molar-refractivity contribution in [2.24, 2.45) is 11.8 Å². The summed E-state index contributed by atoms with van der Waals surface area (Å²) < 4.78 is 5.95. The molecule has 1 aliphatic carbocycles. The zero-order valence-corrected chi connectivity index (χ0v) is 19.1. The minimum absolute atomic E-state index is 0.0527. The van der Waals surface area contributed by atoms with Crippen LogP contribution < -0.4 is 0 Å². The van der Waals surface area contributed by atoms with E-state index in [2.05, 4.69) is 13.8 Å². The minimum atomic E-state index is -0.722. The summed E-state index contributed by atoms with van der Waals surface area (Å²) >= 11 is 0. The fourth-order valence-corrected chi connectivity index (χ4v) is 4.40. The predicted molar refractivity (Wildman–Crippen MR) is 119 cm³/mol. The number of carbonyl (C=O) groups excluding carboxylic acids is 1. The number of ether oxygens (including phenoxy) is 1. The van der Waals surface area contributed by atoms with Gasteiger partial charge in [-0.2, -0.15) is 0 Å². The maximum atomic E-state index is 12.7. The number of rotatable bonds is 17. The Balaban J connectivity index is 2.35. The monoisotopic (exact) mass is 410 g/mol. The first kappa shape index (κ1) is 26.0. The van der Waals surface area contributed by atoms with Crippen molar-refractivity contribution in [2.45, 2.75) is 136 Å². The van der Waals surface area contributed by atoms with Crippen LogP contribution in [0.5, 0.6) is 0 Å². The largest absolute Gasteiger partial charge is 0.481 e. The average molecular weight is 411 g/mol. The molecule has 0 amide bonds. The van der Waals surface area contributed by atoms with Crippen LogP contribution in [0.15, 0.2) is 0 Å². The Labute approximate surface area is 179 Å². The first-order chi connectivity index (χ1) is 14.1. The molecule has 1 unspecified atom stereocenters. The predicted octanol–water partition coefficient (Wildman–Crippen LogP) is 7.29. The number of unbranched alkanes of at least 4 members (excludes halogenated alkanes) is 10. The van der Waals surface area contributed by atoms with Gasteiger partial charge in [0.1, 0.15) is 6.10 Å². The van der Waals surface area contributed by atoms with Crippen LogP contribution in [-0.2, 0) is 14.3 Å². The number of esters is 1. The number of hydrogen-bond acceptors (Lipinski definition) is 3. The zero-order valence-electron chi connectivity index (χ0n) is 19.1. The van der Waals surface area contributed by atoms with Crippen molar-refractivity contribution < 1.29 is 19.4 Å². The quantitative estimate of drug-likeness (QED) is 0.202. The standard InChI is InChI=1S/C25H46O4/c1-3-5-7-9-10-12-14-16-23(15-13-11-8-6-4-2)29-25(28)22-19-17-21(18-20-22)24(26)27/h21-23H,3-20H2,1-2H3,(H,26,27). The topological polar surface area (TPSA) is 63.6 Å². The summed E-state index contributed by atoms with van der Waals surface area (Å²) in [5, 5.41) is 9.14. The van der Waals surface area contributed by atoms with Gasteiger partial charge in [0, 0.05) is 0 Å². The summed E-state index contributed by atoms with van der Waals surface area (Å²) in [6.45, 7) is 4.47. The third-order valence-electron chi connectivity index (χ3n) is 6.45. The van der Waals surface area contributed by atoms with E-state index in [-0.39, 0.29) is 23.9 Å². The van der Waals surface area contributed by atoms with Crippen molar-refractivity contribution >= 4 is 11.9 Å². The molecule has 0 saturated heterocycles. The molecule has 0 aromatic heterocycles. The number of hydrogen-bond donors (Lipinski definition) is 1. The van der Waals surface area contributed by atoms with Crippen LogP contribution in [0.25, 0.3) is 0 Å². The van der Waals surface area contributed by atoms with E-state index in [1.54, 1.807) is 0 Å². The molecule has 1 fully saturated rings. The molecular formula is C25H46O4. The van der Waals surface area contributed by atoms with E-state index in [1.165, 1.54) is 64.2 Å². The van der Waals surface area contributed by atoms with Crippen molar-refractivity contribution in [2.75, 3.05) is 0 Å². The maximum Gasteiger partial charge on any atom is 0.309 e. The molecule has 0 bridgehead atoms. The van der Waals surface area contributed by atoms with Crippen molar-refractivity contribution in [3.05, 3.63) is 0 Å². The molecule has 1 aliphatic rings. The molecule has 4 nitrogen and oxygen atoms in total. The highest BCUT2D eigenvalue weighted by Crippen LogP contribution is 2.30. The highest BCUT2D eigenvalue weighted by molar-refractivity contribution is 5.74. The molecule has 1 saturated carbocycles. The van der Waals surface area contributed by atoms with Crippen LogP contribution in [0, 0.1) is 11.8 Å². The van der Waals surface area contributed by atoms with Gasteiger partial charge in [-0.05, 0) is 51.4 Å². The van der Waals surface area contributed by atoms with E-state index in [0.29, 0.717) is 25.7 Å². The van der Waals surface area contributed by atoms with E-state index in [0.717, 1.165) is 25.7 Å². The van der Waals surface area contributed by atoms with Gasteiger partial charge in [0.05, 0.1) is 11.8 Å². The van der Waals surface area contributed by atoms with Gasteiger partial charge in [0.25, 0.3) is 0 Å². The molecule has 0 aromatic carbocycles. The average Bonchev–Trinajstić information content (AvgIpc) is 2.72. The Bertz CT molecular complexity index is 427. The highest BCUT2D eigenvalue weighted by atomic mass is 16.5. The molecule has 170 valence electrons. The molecule has 0 aromatic rings. The number of carbonyl (C=O) groups is 2. The van der Waals surface area contributed by atoms with Gasteiger partial charge in [-0.25, -0.2) is 0 Å². The van der Waals surface area contributed by atoms with Crippen molar-refractivity contribution in [3.8, 4) is 0 Å². The lowest BCUT2D eigenvalue weighted by Crippen LogP contribution is -2.29. The Morgan fingerprint density at radius 1 is 0.724 bits per heavy atom. The second kappa shape index (κ2) is 16.7. The molecule has 0 heterocycles. The van der Waals surface area contributed by atoms with E-state index >= 15 is 0 Å². The molecule has 1 N–H and O–H groups in total. The van der Waals surface area contributed by atoms with Crippen molar-refractivity contribution in [3.63, 3.8) is 0 Å². The Morgan fingerprint density at radius 3 is 1.59 bits per heavy atom. The zero-order chi connectivity index (χ0) is 21.3. The third-order valence-corrected chi connectivity index (χ3v) is 6.45. The van der Waals surface area contributed by atoms with E-state index in [4.69, 9.17) is 9.84 Å². The van der Waals surface area contributed by atoms with Gasteiger partial charge < -0.3 is 9.84 Å². The number of aliphatic carboxylic acids is 1. The lowest BCUT2D eigenvalue weighted by atomic mass is 9.82. The molecule has 0 aliphatic heterocycles. The van der Waals surface area contributed by atoms with Gasteiger partial charge >= 0.3 is 11.9 Å². The summed E-state index contributed by atoms with van der Waals surface area (Å²) in [7, 11) is 0. The van der Waals surface area contributed by atoms with Gasteiger partial charge in [-0.15, -0.1) is 0 Å². The van der Waals surface area contributed by atoms with Gasteiger partial charge in [-0.3, -0.25) is 9.59 Å². The molecule has 0 spiro atoms. The highest BCUT2D eigenvalue weighted by Gasteiger charge is 2.31. The van der Waals surface area contributed by atoms with Gasteiger partial charge in [0.2, 0.25) is 0 Å². The Hall–Kier alpha value is -1.06. The normalized spacial score (nSPS) is 20.3. The SMILES string of the molecule is CCCCCCCCCC(CCCCCCC)OC(=O)C1CCC(C(=O)O)CC1. The van der Waals surface area contributed by atoms with Gasteiger partial charge in [0.15, 0.2) is 0 Å². The van der Waals surface area contributed by atoms with Crippen LogP contribution in [0.4, 0.5) is 0 Å². The first-order valence-electron chi connectivity index (χ1n) is 12.5. The summed E-state index contributed by atoms with van der Waals surface area (Å²) in [4.78, 5) is 23.8. The lowest BCUT2D eigenvalue weighted by molar-refractivity contribution is -0.158. The van der Waals surface area contributed by atoms with Crippen molar-refractivity contribution in [1.29, 1.82) is 0 Å². The van der Waals surface area contributed by atoms with E-state index < -0.39 is 5.97 Å². The summed E-state index contributed by atoms with van der Waals surface area (Å²) in [5.74, 6) is -1.17. The smallest absolute Gasteiger partial charge is 0.309 e. The van der Waals surface area contributed by atoms with Crippen molar-refractivity contribution in [1.82, 2.24) is 0 Å². The van der Waals surface area contributed by atoms with Crippen LogP contribution in [0.2, 0.25) is 0 Å². The number of carboxylic acid groups (broad SMARTS) is 1. The number of carboxylic acids is 1. The van der Waals surface area contributed by atoms with Crippen LogP contribution >= 0.6 is 0 Å². The fourth-order valence-electron chi connectivity index (χ4n) is 4.40. The molecule has 1 rings (SSSR count). The summed E-state index contributed by atoms with van der Waals surface area (Å²) in [6.07, 6.45) is 19.7. The molecule has 0 radical (unpaired) electrons. The van der Waals surface area contributed by atoms with Gasteiger partial charge in [-0.1, -0.05) is 78.1 Å². The summed E-state index contributed by atoms with van der Waals surface area (Å²) in [5.41, 5.74) is 0. The second-order valence-corrected chi connectivity index (χ2v) is 9.06. The lowest BCUT2D eigenvalue weighted by Gasteiger charge is -2.27. The fraction of sp³-hybridized carbons (Fsp3) is 0.920. The van der Waals surface area contributed by atoms with E-state index in [1.807, 2.05) is 0 Å². The Morgan fingerprint density at radius 2 is 1.14 bits per heavy atom. The van der Waals surface area contributed by atoms with Crippen LogP contribution in [0.1, 0.15) is 129 Å². The summed E-state index contributed by atoms with van der Waals surface area (Å²) in [6, 6.07) is 0. The first-order valence-corrected chi connectivity index (χ1v) is 12.5. The van der Waals surface area contributed by atoms with Crippen LogP contribution in [-0.4, -0.2) is 23.1 Å². The molecular weight excluding hydrogens is 364 g/mol. The Kier molecular flexibility index (Phi) is 15.0. The minimum Gasteiger partial charge on any atom is -0.481 e. The molecule has 29 heavy (non-hydrogen) atoms. The van der Waals surface area contributed by atoms with E-state index in [9.17, 15) is 9.59 Å². The third kappa shape index (κ3) is 12.3. The second-order valence-electron chi connectivity index (χ2n) is 9.06.